The summed E-state index contributed by atoms with van der Waals surface area (Å²) in [7, 11) is 0. The van der Waals surface area contributed by atoms with Crippen LogP contribution >= 0.6 is 0 Å². The summed E-state index contributed by atoms with van der Waals surface area (Å²) in [6.07, 6.45) is 8.73. The molecule has 0 aromatic heterocycles. The molecule has 1 aromatic carbocycles. The lowest BCUT2D eigenvalue weighted by molar-refractivity contribution is -0.144. The predicted molar refractivity (Wildman–Crippen MR) is 77.1 cm³/mol. The summed E-state index contributed by atoms with van der Waals surface area (Å²) in [5.74, 6) is -0.284. The first-order valence-corrected chi connectivity index (χ1v) is 7.54. The van der Waals surface area contributed by atoms with E-state index in [1.165, 1.54) is 18.4 Å². The molecule has 2 unspecified atom stereocenters. The predicted octanol–water partition coefficient (Wildman–Crippen LogP) is 4.29. The van der Waals surface area contributed by atoms with Crippen molar-refractivity contribution in [2.24, 2.45) is 11.8 Å². The largest absolute Gasteiger partial charge is 0.481 e. The average molecular weight is 260 g/mol. The molecule has 0 aliphatic heterocycles. The van der Waals surface area contributed by atoms with Crippen LogP contribution in [0.2, 0.25) is 0 Å². The zero-order valence-corrected chi connectivity index (χ0v) is 11.6. The molecule has 19 heavy (non-hydrogen) atoms. The molecule has 2 heteroatoms. The summed E-state index contributed by atoms with van der Waals surface area (Å²) in [5, 5.41) is 9.35. The summed E-state index contributed by atoms with van der Waals surface area (Å²) in [6, 6.07) is 10.5. The molecule has 2 nitrogen and oxygen atoms in total. The van der Waals surface area contributed by atoms with Crippen LogP contribution in [-0.4, -0.2) is 11.1 Å². The van der Waals surface area contributed by atoms with Gasteiger partial charge < -0.3 is 5.11 Å². The van der Waals surface area contributed by atoms with E-state index in [2.05, 4.69) is 24.3 Å². The Labute approximate surface area is 115 Å². The highest BCUT2D eigenvalue weighted by Gasteiger charge is 2.28. The number of benzene rings is 1. The van der Waals surface area contributed by atoms with Gasteiger partial charge in [-0.1, -0.05) is 49.6 Å². The van der Waals surface area contributed by atoms with Crippen molar-refractivity contribution < 1.29 is 9.90 Å². The fourth-order valence-corrected chi connectivity index (χ4v) is 3.27. The van der Waals surface area contributed by atoms with Gasteiger partial charge in [0.2, 0.25) is 0 Å². The zero-order chi connectivity index (χ0) is 13.5. The molecule has 2 atom stereocenters. The van der Waals surface area contributed by atoms with Crippen LogP contribution < -0.4 is 0 Å². The summed E-state index contributed by atoms with van der Waals surface area (Å²) in [6.45, 7) is 0. The van der Waals surface area contributed by atoms with Crippen molar-refractivity contribution in [3.63, 3.8) is 0 Å². The molecule has 0 spiro atoms. The van der Waals surface area contributed by atoms with E-state index in [1.54, 1.807) is 0 Å². The first kappa shape index (κ1) is 14.1. The van der Waals surface area contributed by atoms with Crippen molar-refractivity contribution in [2.45, 2.75) is 51.4 Å². The van der Waals surface area contributed by atoms with E-state index >= 15 is 0 Å². The molecule has 0 bridgehead atoms. The molecule has 1 saturated carbocycles. The van der Waals surface area contributed by atoms with E-state index in [1.807, 2.05) is 6.07 Å². The van der Waals surface area contributed by atoms with Crippen LogP contribution in [0.1, 0.15) is 50.5 Å². The fourth-order valence-electron chi connectivity index (χ4n) is 3.27. The van der Waals surface area contributed by atoms with Crippen molar-refractivity contribution in [3.05, 3.63) is 35.9 Å². The van der Waals surface area contributed by atoms with Gasteiger partial charge in [-0.2, -0.15) is 0 Å². The Balaban J connectivity index is 1.83. The highest BCUT2D eigenvalue weighted by Crippen LogP contribution is 2.32. The van der Waals surface area contributed by atoms with Crippen LogP contribution in [0.5, 0.6) is 0 Å². The number of aryl methyl sites for hydroxylation is 1. The van der Waals surface area contributed by atoms with Gasteiger partial charge in [-0.25, -0.2) is 0 Å². The molecular formula is C17H24O2. The van der Waals surface area contributed by atoms with E-state index in [0.717, 1.165) is 38.5 Å². The van der Waals surface area contributed by atoms with Crippen molar-refractivity contribution in [3.8, 4) is 0 Å². The minimum atomic E-state index is -0.577. The van der Waals surface area contributed by atoms with Gasteiger partial charge in [-0.15, -0.1) is 0 Å². The van der Waals surface area contributed by atoms with Crippen molar-refractivity contribution >= 4 is 5.97 Å². The molecule has 0 radical (unpaired) electrons. The summed E-state index contributed by atoms with van der Waals surface area (Å²) < 4.78 is 0. The SMILES string of the molecule is O=C(O)C1CCCCCC1CCCc1ccccc1. The molecule has 0 saturated heterocycles. The van der Waals surface area contributed by atoms with E-state index in [-0.39, 0.29) is 5.92 Å². The maximum atomic E-state index is 11.4. The maximum Gasteiger partial charge on any atom is 0.306 e. The molecule has 1 aromatic rings. The maximum absolute atomic E-state index is 11.4. The minimum absolute atomic E-state index is 0.0988. The Morgan fingerprint density at radius 1 is 1.11 bits per heavy atom. The van der Waals surface area contributed by atoms with Crippen molar-refractivity contribution in [2.75, 3.05) is 0 Å². The second-order valence-corrected chi connectivity index (χ2v) is 5.72. The van der Waals surface area contributed by atoms with Crippen molar-refractivity contribution in [1.29, 1.82) is 0 Å². The first-order valence-electron chi connectivity index (χ1n) is 7.54. The highest BCUT2D eigenvalue weighted by molar-refractivity contribution is 5.70. The molecule has 1 fully saturated rings. The molecule has 104 valence electrons. The third-order valence-electron chi connectivity index (χ3n) is 4.36. The van der Waals surface area contributed by atoms with Crippen LogP contribution in [0, 0.1) is 11.8 Å². The van der Waals surface area contributed by atoms with E-state index in [9.17, 15) is 9.90 Å². The molecule has 1 aliphatic rings. The lowest BCUT2D eigenvalue weighted by atomic mass is 9.84. The summed E-state index contributed by atoms with van der Waals surface area (Å²) in [4.78, 5) is 11.4. The molecule has 1 aliphatic carbocycles. The monoisotopic (exact) mass is 260 g/mol. The van der Waals surface area contributed by atoms with Gasteiger partial charge in [0.1, 0.15) is 0 Å². The molecule has 0 amide bonds. The Bertz CT molecular complexity index is 386. The highest BCUT2D eigenvalue weighted by atomic mass is 16.4. The van der Waals surface area contributed by atoms with Gasteiger partial charge in [0.25, 0.3) is 0 Å². The van der Waals surface area contributed by atoms with E-state index in [0.29, 0.717) is 5.92 Å². The standard InChI is InChI=1S/C17H24O2/c18-17(19)16-13-6-2-5-11-15(16)12-7-10-14-8-3-1-4-9-14/h1,3-4,8-9,15-16H,2,5-7,10-13H2,(H,18,19). The van der Waals surface area contributed by atoms with E-state index in [4.69, 9.17) is 0 Å². The topological polar surface area (TPSA) is 37.3 Å². The van der Waals surface area contributed by atoms with Gasteiger partial charge >= 0.3 is 5.97 Å². The Kier molecular flexibility index (Phi) is 5.44. The van der Waals surface area contributed by atoms with Gasteiger partial charge in [0, 0.05) is 0 Å². The third-order valence-corrected chi connectivity index (χ3v) is 4.36. The van der Waals surface area contributed by atoms with Crippen LogP contribution in [-0.2, 0) is 11.2 Å². The van der Waals surface area contributed by atoms with Crippen LogP contribution in [0.4, 0.5) is 0 Å². The zero-order valence-electron chi connectivity index (χ0n) is 11.6. The Hall–Kier alpha value is -1.31. The second-order valence-electron chi connectivity index (χ2n) is 5.72. The Morgan fingerprint density at radius 3 is 2.58 bits per heavy atom. The second kappa shape index (κ2) is 7.32. The minimum Gasteiger partial charge on any atom is -0.481 e. The fraction of sp³-hybridized carbons (Fsp3) is 0.588. The third kappa shape index (κ3) is 4.38. The number of hydrogen-bond donors (Lipinski definition) is 1. The molecule has 2 rings (SSSR count). The number of carboxylic acid groups (broad SMARTS) is 1. The van der Waals surface area contributed by atoms with Crippen LogP contribution in [0.3, 0.4) is 0 Å². The van der Waals surface area contributed by atoms with Crippen molar-refractivity contribution in [1.82, 2.24) is 0 Å². The van der Waals surface area contributed by atoms with Crippen LogP contribution in [0.25, 0.3) is 0 Å². The number of aliphatic carboxylic acids is 1. The van der Waals surface area contributed by atoms with Gasteiger partial charge in [-0.3, -0.25) is 4.79 Å². The smallest absolute Gasteiger partial charge is 0.306 e. The quantitative estimate of drug-likeness (QED) is 0.802. The molecule has 1 N–H and O–H groups in total. The lowest BCUT2D eigenvalue weighted by Crippen LogP contribution is -2.22. The van der Waals surface area contributed by atoms with E-state index < -0.39 is 5.97 Å². The summed E-state index contributed by atoms with van der Waals surface area (Å²) >= 11 is 0. The van der Waals surface area contributed by atoms with Gasteiger partial charge in [-0.05, 0) is 43.6 Å². The Morgan fingerprint density at radius 2 is 1.84 bits per heavy atom. The lowest BCUT2D eigenvalue weighted by Gasteiger charge is -2.21. The normalized spacial score (nSPS) is 23.8. The van der Waals surface area contributed by atoms with Gasteiger partial charge in [0.05, 0.1) is 5.92 Å². The number of rotatable bonds is 5. The first-order chi connectivity index (χ1) is 9.27. The molecular weight excluding hydrogens is 236 g/mol. The summed E-state index contributed by atoms with van der Waals surface area (Å²) in [5.41, 5.74) is 1.36. The van der Waals surface area contributed by atoms with Gasteiger partial charge in [0.15, 0.2) is 0 Å². The number of hydrogen-bond acceptors (Lipinski definition) is 1. The molecule has 0 heterocycles. The van der Waals surface area contributed by atoms with Crippen LogP contribution in [0.15, 0.2) is 30.3 Å². The average Bonchev–Trinajstić information content (AvgIpc) is 2.65. The number of carbonyl (C=O) groups is 1. The number of carboxylic acids is 1.